The molecule has 0 aliphatic carbocycles. The minimum absolute atomic E-state index is 0.0635. The summed E-state index contributed by atoms with van der Waals surface area (Å²) in [4.78, 5) is 23.3. The van der Waals surface area contributed by atoms with Gasteiger partial charge in [0, 0.05) is 19.3 Å². The molecule has 5 nitrogen and oxygen atoms in total. The van der Waals surface area contributed by atoms with Crippen LogP contribution in [0.4, 0.5) is 5.69 Å². The third-order valence-electron chi connectivity index (χ3n) is 2.34. The first kappa shape index (κ1) is 12.3. The molecule has 0 atom stereocenters. The number of amides is 1. The van der Waals surface area contributed by atoms with Crippen LogP contribution in [-0.4, -0.2) is 24.1 Å². The van der Waals surface area contributed by atoms with Gasteiger partial charge >= 0.3 is 0 Å². The number of hydrogen-bond donors (Lipinski definition) is 2. The van der Waals surface area contributed by atoms with E-state index in [4.69, 9.17) is 0 Å². The Morgan fingerprint density at radius 1 is 1.44 bits per heavy atom. The molecule has 1 rings (SSSR count). The van der Waals surface area contributed by atoms with Crippen molar-refractivity contribution in [1.82, 2.24) is 9.88 Å². The summed E-state index contributed by atoms with van der Waals surface area (Å²) >= 11 is 0. The van der Waals surface area contributed by atoms with Crippen LogP contribution in [-0.2, 0) is 11.3 Å². The summed E-state index contributed by atoms with van der Waals surface area (Å²) in [5.41, 5.74) is 1.10. The molecule has 0 aromatic carbocycles. The van der Waals surface area contributed by atoms with E-state index in [0.29, 0.717) is 12.2 Å². The van der Waals surface area contributed by atoms with E-state index in [2.05, 4.69) is 10.6 Å². The zero-order valence-electron chi connectivity index (χ0n) is 9.83. The van der Waals surface area contributed by atoms with Crippen LogP contribution in [0, 0.1) is 6.92 Å². The Morgan fingerprint density at radius 3 is 2.69 bits per heavy atom. The summed E-state index contributed by atoms with van der Waals surface area (Å²) in [6.07, 6.45) is 0. The fourth-order valence-electron chi connectivity index (χ4n) is 1.45. The van der Waals surface area contributed by atoms with Crippen LogP contribution in [0.5, 0.6) is 0 Å². The molecule has 0 radical (unpaired) electrons. The molecule has 5 heteroatoms. The van der Waals surface area contributed by atoms with Gasteiger partial charge in [-0.2, -0.15) is 0 Å². The lowest BCUT2D eigenvalue weighted by atomic mass is 10.3. The van der Waals surface area contributed by atoms with Gasteiger partial charge in [0.25, 0.3) is 5.56 Å². The molecule has 0 bridgehead atoms. The third-order valence-corrected chi connectivity index (χ3v) is 2.34. The maximum atomic E-state index is 11.9. The predicted molar refractivity (Wildman–Crippen MR) is 63.7 cm³/mol. The first-order valence-electron chi connectivity index (χ1n) is 5.25. The molecule has 0 saturated carbocycles. The summed E-state index contributed by atoms with van der Waals surface area (Å²) in [6.45, 7) is 4.28. The van der Waals surface area contributed by atoms with E-state index in [9.17, 15) is 9.59 Å². The van der Waals surface area contributed by atoms with Crippen LogP contribution in [0.2, 0.25) is 0 Å². The molecule has 16 heavy (non-hydrogen) atoms. The molecule has 1 amide bonds. The second kappa shape index (κ2) is 5.34. The standard InChI is InChI=1S/C11H17N3O2/c1-4-13-10(15)7-14-8(2)5-6-9(12-3)11(14)16/h5-6,12H,4,7H2,1-3H3,(H,13,15). The average Bonchev–Trinajstić information content (AvgIpc) is 2.25. The Morgan fingerprint density at radius 2 is 2.12 bits per heavy atom. The van der Waals surface area contributed by atoms with E-state index >= 15 is 0 Å². The van der Waals surface area contributed by atoms with Crippen molar-refractivity contribution in [3.63, 3.8) is 0 Å². The highest BCUT2D eigenvalue weighted by Gasteiger charge is 2.08. The van der Waals surface area contributed by atoms with Crippen molar-refractivity contribution in [2.75, 3.05) is 18.9 Å². The van der Waals surface area contributed by atoms with E-state index in [1.54, 1.807) is 20.0 Å². The summed E-state index contributed by atoms with van der Waals surface area (Å²) < 4.78 is 1.46. The molecule has 0 aliphatic rings. The number of nitrogens with one attached hydrogen (secondary N) is 2. The highest BCUT2D eigenvalue weighted by atomic mass is 16.2. The number of aromatic nitrogens is 1. The number of carbonyl (C=O) groups is 1. The van der Waals surface area contributed by atoms with Gasteiger partial charge in [-0.25, -0.2) is 0 Å². The normalized spacial score (nSPS) is 9.94. The molecule has 88 valence electrons. The van der Waals surface area contributed by atoms with Crippen LogP contribution in [0.25, 0.3) is 0 Å². The molecule has 0 fully saturated rings. The largest absolute Gasteiger partial charge is 0.384 e. The first-order chi connectivity index (χ1) is 7.60. The maximum absolute atomic E-state index is 11.9. The van der Waals surface area contributed by atoms with Gasteiger partial charge in [0.15, 0.2) is 0 Å². The Hall–Kier alpha value is -1.78. The number of nitrogens with zero attached hydrogens (tertiary/aromatic N) is 1. The van der Waals surface area contributed by atoms with Crippen molar-refractivity contribution in [2.45, 2.75) is 20.4 Å². The summed E-state index contributed by atoms with van der Waals surface area (Å²) in [6, 6.07) is 3.53. The number of hydrogen-bond acceptors (Lipinski definition) is 3. The van der Waals surface area contributed by atoms with Gasteiger partial charge < -0.3 is 15.2 Å². The van der Waals surface area contributed by atoms with Gasteiger partial charge in [-0.05, 0) is 26.0 Å². The first-order valence-corrected chi connectivity index (χ1v) is 5.25. The summed E-state index contributed by atoms with van der Waals surface area (Å²) in [7, 11) is 1.68. The molecule has 1 heterocycles. The monoisotopic (exact) mass is 223 g/mol. The topological polar surface area (TPSA) is 63.1 Å². The molecule has 0 unspecified atom stereocenters. The lowest BCUT2D eigenvalue weighted by Crippen LogP contribution is -2.33. The van der Waals surface area contributed by atoms with Crippen LogP contribution >= 0.6 is 0 Å². The molecular weight excluding hydrogens is 206 g/mol. The second-order valence-corrected chi connectivity index (χ2v) is 3.48. The number of likely N-dealkylation sites (N-methyl/N-ethyl adjacent to an activating group) is 1. The molecular formula is C11H17N3O2. The highest BCUT2D eigenvalue weighted by molar-refractivity contribution is 5.75. The van der Waals surface area contributed by atoms with E-state index in [-0.39, 0.29) is 18.0 Å². The van der Waals surface area contributed by atoms with Crippen molar-refractivity contribution in [3.8, 4) is 0 Å². The minimum Gasteiger partial charge on any atom is -0.384 e. The Labute approximate surface area is 94.5 Å². The number of aryl methyl sites for hydroxylation is 1. The van der Waals surface area contributed by atoms with Gasteiger partial charge in [0.2, 0.25) is 5.91 Å². The SMILES string of the molecule is CCNC(=O)Cn1c(C)ccc(NC)c1=O. The Balaban J connectivity index is 3.03. The van der Waals surface area contributed by atoms with E-state index in [1.165, 1.54) is 4.57 Å². The molecule has 0 aliphatic heterocycles. The van der Waals surface area contributed by atoms with Gasteiger partial charge in [-0.3, -0.25) is 9.59 Å². The van der Waals surface area contributed by atoms with Gasteiger partial charge in [0.05, 0.1) is 0 Å². The number of carbonyl (C=O) groups excluding carboxylic acids is 1. The van der Waals surface area contributed by atoms with Crippen molar-refractivity contribution in [2.24, 2.45) is 0 Å². The van der Waals surface area contributed by atoms with E-state index in [1.807, 2.05) is 13.0 Å². The Kier molecular flexibility index (Phi) is 4.10. The van der Waals surface area contributed by atoms with Crippen LogP contribution in [0.3, 0.4) is 0 Å². The Bertz CT molecular complexity index is 437. The van der Waals surface area contributed by atoms with Gasteiger partial charge in [-0.15, -0.1) is 0 Å². The molecule has 1 aromatic rings. The van der Waals surface area contributed by atoms with Crippen LogP contribution in [0.1, 0.15) is 12.6 Å². The average molecular weight is 223 g/mol. The number of pyridine rings is 1. The molecule has 2 N–H and O–H groups in total. The van der Waals surface area contributed by atoms with Crippen molar-refractivity contribution < 1.29 is 4.79 Å². The molecule has 0 spiro atoms. The van der Waals surface area contributed by atoms with E-state index in [0.717, 1.165) is 5.69 Å². The van der Waals surface area contributed by atoms with Crippen LogP contribution in [0.15, 0.2) is 16.9 Å². The third kappa shape index (κ3) is 2.62. The lowest BCUT2D eigenvalue weighted by Gasteiger charge is -2.11. The van der Waals surface area contributed by atoms with Crippen LogP contribution < -0.4 is 16.2 Å². The summed E-state index contributed by atoms with van der Waals surface area (Å²) in [5, 5.41) is 5.47. The smallest absolute Gasteiger partial charge is 0.274 e. The van der Waals surface area contributed by atoms with E-state index < -0.39 is 0 Å². The van der Waals surface area contributed by atoms with Gasteiger partial charge in [-0.1, -0.05) is 0 Å². The second-order valence-electron chi connectivity index (χ2n) is 3.48. The number of rotatable bonds is 4. The predicted octanol–water partition coefficient (Wildman–Crippen LogP) is 0.335. The zero-order chi connectivity index (χ0) is 12.1. The summed E-state index contributed by atoms with van der Waals surface area (Å²) in [5.74, 6) is -0.152. The zero-order valence-corrected chi connectivity index (χ0v) is 9.83. The minimum atomic E-state index is -0.172. The van der Waals surface area contributed by atoms with Crippen molar-refractivity contribution in [1.29, 1.82) is 0 Å². The van der Waals surface area contributed by atoms with Crippen molar-refractivity contribution >= 4 is 11.6 Å². The lowest BCUT2D eigenvalue weighted by molar-refractivity contribution is -0.121. The van der Waals surface area contributed by atoms with Crippen molar-refractivity contribution in [3.05, 3.63) is 28.2 Å². The molecule has 0 saturated heterocycles. The quantitative estimate of drug-likeness (QED) is 0.773. The highest BCUT2D eigenvalue weighted by Crippen LogP contribution is 2.01. The fraction of sp³-hybridized carbons (Fsp3) is 0.455. The van der Waals surface area contributed by atoms with Gasteiger partial charge in [0.1, 0.15) is 12.2 Å². The molecule has 1 aromatic heterocycles. The fourth-order valence-corrected chi connectivity index (χ4v) is 1.45. The number of anilines is 1. The maximum Gasteiger partial charge on any atom is 0.274 e.